The molecule has 1 saturated heterocycles. The molecule has 1 aliphatic rings. The number of aromatic nitrogens is 2. The predicted molar refractivity (Wildman–Crippen MR) is 106 cm³/mol. The number of alkyl carbamates (subject to hydrolysis) is 1. The first-order valence-electron chi connectivity index (χ1n) is 9.05. The minimum absolute atomic E-state index is 0.0119. The number of rotatable bonds is 4. The summed E-state index contributed by atoms with van der Waals surface area (Å²) in [5.74, 6) is 0. The molecular weight excluding hydrogens is 365 g/mol. The summed E-state index contributed by atoms with van der Waals surface area (Å²) in [6.45, 7) is 12.9. The van der Waals surface area contributed by atoms with E-state index in [0.29, 0.717) is 5.47 Å². The quantitative estimate of drug-likeness (QED) is 0.668. The molecule has 1 fully saturated rings. The van der Waals surface area contributed by atoms with E-state index in [1.165, 1.54) is 6.08 Å². The normalized spacial score (nSPS) is 18.8. The Morgan fingerprint density at radius 1 is 1.18 bits per heavy atom. The zero-order chi connectivity index (χ0) is 21.3. The van der Waals surface area contributed by atoms with Crippen molar-refractivity contribution in [1.82, 2.24) is 15.5 Å². The maximum Gasteiger partial charge on any atom is 0.492 e. The first-order valence-corrected chi connectivity index (χ1v) is 9.05. The molecule has 3 N–H and O–H groups in total. The van der Waals surface area contributed by atoms with Gasteiger partial charge in [-0.25, -0.2) is 4.79 Å². The summed E-state index contributed by atoms with van der Waals surface area (Å²) < 4.78 is 17.3. The van der Waals surface area contributed by atoms with E-state index in [4.69, 9.17) is 14.0 Å². The summed E-state index contributed by atoms with van der Waals surface area (Å²) in [7, 11) is -0.807. The Balaban J connectivity index is 2.33. The standard InChI is InChI=1S/C18H28BN3O6/c1-16(2,3)26-15(25)20-10-12(8-11-9-13(23)21-22-14(11)24)19-27-17(4,5)18(6,7)28-19/h8-9H,10H2,1-7H3,(H,20,25)(H,21,23)(H,22,24). The zero-order valence-corrected chi connectivity index (χ0v) is 17.4. The molecule has 1 amide bonds. The van der Waals surface area contributed by atoms with E-state index in [9.17, 15) is 14.4 Å². The van der Waals surface area contributed by atoms with Crippen LogP contribution in [0, 0.1) is 0 Å². The van der Waals surface area contributed by atoms with Crippen molar-refractivity contribution in [1.29, 1.82) is 0 Å². The molecule has 0 saturated carbocycles. The van der Waals surface area contributed by atoms with Crippen LogP contribution in [-0.2, 0) is 14.0 Å². The molecule has 0 aromatic carbocycles. The van der Waals surface area contributed by atoms with Crippen LogP contribution in [0.5, 0.6) is 0 Å². The maximum absolute atomic E-state index is 12.0. The molecule has 2 rings (SSSR count). The van der Waals surface area contributed by atoms with Crippen LogP contribution in [0.1, 0.15) is 54.0 Å². The van der Waals surface area contributed by atoms with E-state index >= 15 is 0 Å². The molecular formula is C18H28BN3O6. The van der Waals surface area contributed by atoms with Gasteiger partial charge in [-0.1, -0.05) is 6.08 Å². The first-order chi connectivity index (χ1) is 12.7. The predicted octanol–water partition coefficient (Wildman–Crippen LogP) is 1.60. The number of aromatic amines is 2. The Hall–Kier alpha value is -2.33. The van der Waals surface area contributed by atoms with Crippen LogP contribution < -0.4 is 16.4 Å². The van der Waals surface area contributed by atoms with E-state index in [1.54, 1.807) is 20.8 Å². The van der Waals surface area contributed by atoms with Gasteiger partial charge in [0.2, 0.25) is 0 Å². The van der Waals surface area contributed by atoms with E-state index < -0.39 is 41.1 Å². The SMILES string of the molecule is CC(C)(C)OC(=O)NCC(=Cc1cc(=O)[nH][nH]c1=O)B1OC(C)(C)C(C)(C)O1. The van der Waals surface area contributed by atoms with Gasteiger partial charge < -0.3 is 19.4 Å². The van der Waals surface area contributed by atoms with Gasteiger partial charge in [0.1, 0.15) is 5.60 Å². The van der Waals surface area contributed by atoms with Crippen LogP contribution in [0.15, 0.2) is 21.1 Å². The van der Waals surface area contributed by atoms with Gasteiger partial charge in [0, 0.05) is 18.2 Å². The summed E-state index contributed by atoms with van der Waals surface area (Å²) in [6.07, 6.45) is 0.864. The highest BCUT2D eigenvalue weighted by Crippen LogP contribution is 2.38. The Kier molecular flexibility index (Phi) is 5.96. The molecule has 154 valence electrons. The summed E-state index contributed by atoms with van der Waals surface area (Å²) in [4.78, 5) is 35.6. The van der Waals surface area contributed by atoms with Crippen molar-refractivity contribution in [3.05, 3.63) is 37.8 Å². The maximum atomic E-state index is 12.0. The minimum Gasteiger partial charge on any atom is -0.444 e. The van der Waals surface area contributed by atoms with Crippen LogP contribution in [0.25, 0.3) is 6.08 Å². The van der Waals surface area contributed by atoms with Crippen molar-refractivity contribution in [2.24, 2.45) is 0 Å². The Bertz CT molecular complexity index is 862. The van der Waals surface area contributed by atoms with Crippen molar-refractivity contribution in [2.75, 3.05) is 6.54 Å². The molecule has 28 heavy (non-hydrogen) atoms. The number of hydrogen-bond acceptors (Lipinski definition) is 6. The molecule has 0 bridgehead atoms. The topological polar surface area (TPSA) is 123 Å². The molecule has 1 aromatic heterocycles. The Labute approximate surface area is 164 Å². The lowest BCUT2D eigenvalue weighted by Gasteiger charge is -2.32. The third-order valence-corrected chi connectivity index (χ3v) is 4.58. The highest BCUT2D eigenvalue weighted by Gasteiger charge is 2.52. The Morgan fingerprint density at radius 2 is 1.75 bits per heavy atom. The number of carbonyl (C=O) groups excluding carboxylic acids is 1. The summed E-state index contributed by atoms with van der Waals surface area (Å²) in [5, 5.41) is 7.11. The van der Waals surface area contributed by atoms with Crippen LogP contribution >= 0.6 is 0 Å². The first kappa shape index (κ1) is 22.0. The third kappa shape index (κ3) is 5.36. The smallest absolute Gasteiger partial charge is 0.444 e. The van der Waals surface area contributed by atoms with Gasteiger partial charge in [0.15, 0.2) is 0 Å². The van der Waals surface area contributed by atoms with Gasteiger partial charge >= 0.3 is 13.2 Å². The second-order valence-electron chi connectivity index (χ2n) is 8.71. The fourth-order valence-electron chi connectivity index (χ4n) is 2.43. The number of H-pyrrole nitrogens is 2. The van der Waals surface area contributed by atoms with Crippen LogP contribution in [0.3, 0.4) is 0 Å². The summed E-state index contributed by atoms with van der Waals surface area (Å²) in [5.41, 5.74) is -2.21. The molecule has 10 heteroatoms. The second kappa shape index (κ2) is 7.59. The van der Waals surface area contributed by atoms with E-state index in [2.05, 4.69) is 15.5 Å². The number of hydrogen-bond donors (Lipinski definition) is 3. The van der Waals surface area contributed by atoms with E-state index in [-0.39, 0.29) is 12.1 Å². The van der Waals surface area contributed by atoms with Gasteiger partial charge in [-0.05, 0) is 53.9 Å². The van der Waals surface area contributed by atoms with E-state index in [1.807, 2.05) is 27.7 Å². The fraction of sp³-hybridized carbons (Fsp3) is 0.611. The van der Waals surface area contributed by atoms with Crippen molar-refractivity contribution in [3.63, 3.8) is 0 Å². The number of ether oxygens (including phenoxy) is 1. The van der Waals surface area contributed by atoms with Crippen LogP contribution in [0.2, 0.25) is 0 Å². The van der Waals surface area contributed by atoms with Crippen LogP contribution in [-0.4, -0.2) is 46.8 Å². The van der Waals surface area contributed by atoms with Gasteiger partial charge in [-0.15, -0.1) is 0 Å². The third-order valence-electron chi connectivity index (χ3n) is 4.58. The summed E-state index contributed by atoms with van der Waals surface area (Å²) >= 11 is 0. The van der Waals surface area contributed by atoms with Crippen molar-refractivity contribution >= 4 is 19.3 Å². The minimum atomic E-state index is -0.807. The zero-order valence-electron chi connectivity index (χ0n) is 17.4. The van der Waals surface area contributed by atoms with Crippen molar-refractivity contribution in [2.45, 2.75) is 65.3 Å². The Morgan fingerprint density at radius 3 is 2.29 bits per heavy atom. The van der Waals surface area contributed by atoms with Gasteiger partial charge in [0.05, 0.1) is 11.2 Å². The average molecular weight is 393 g/mol. The molecule has 2 heterocycles. The largest absolute Gasteiger partial charge is 0.492 e. The van der Waals surface area contributed by atoms with Gasteiger partial charge in [-0.2, -0.15) is 0 Å². The molecule has 1 aliphatic heterocycles. The number of carbonyl (C=O) groups is 1. The fourth-order valence-corrected chi connectivity index (χ4v) is 2.43. The highest BCUT2D eigenvalue weighted by atomic mass is 16.7. The summed E-state index contributed by atoms with van der Waals surface area (Å²) in [6, 6.07) is 1.16. The average Bonchev–Trinajstić information content (AvgIpc) is 2.73. The van der Waals surface area contributed by atoms with Gasteiger partial charge in [-0.3, -0.25) is 19.8 Å². The lowest BCUT2D eigenvalue weighted by Crippen LogP contribution is -2.41. The van der Waals surface area contributed by atoms with Crippen molar-refractivity contribution < 1.29 is 18.8 Å². The lowest BCUT2D eigenvalue weighted by molar-refractivity contribution is 0.00578. The van der Waals surface area contributed by atoms with Crippen molar-refractivity contribution in [3.8, 4) is 0 Å². The molecule has 0 radical (unpaired) electrons. The molecule has 0 unspecified atom stereocenters. The molecule has 0 atom stereocenters. The second-order valence-corrected chi connectivity index (χ2v) is 8.71. The number of amides is 1. The molecule has 0 spiro atoms. The monoisotopic (exact) mass is 393 g/mol. The highest BCUT2D eigenvalue weighted by molar-refractivity contribution is 6.56. The molecule has 1 aromatic rings. The van der Waals surface area contributed by atoms with E-state index in [0.717, 1.165) is 6.07 Å². The van der Waals surface area contributed by atoms with Crippen LogP contribution in [0.4, 0.5) is 4.79 Å². The number of nitrogens with one attached hydrogen (secondary N) is 3. The lowest BCUT2D eigenvalue weighted by atomic mass is 9.77. The molecule has 9 nitrogen and oxygen atoms in total. The molecule has 0 aliphatic carbocycles. The van der Waals surface area contributed by atoms with Gasteiger partial charge in [0.25, 0.3) is 11.1 Å².